The van der Waals surface area contributed by atoms with Gasteiger partial charge in [-0.3, -0.25) is 9.40 Å². The Bertz CT molecular complexity index is 675. The third-order valence-corrected chi connectivity index (χ3v) is 3.74. The number of aliphatic hydroxyl groups excluding tert-OH is 2. The molecular formula is C12H17N5O5. The van der Waals surface area contributed by atoms with Crippen molar-refractivity contribution in [2.45, 2.75) is 31.0 Å². The number of aromatic nitrogens is 4. The number of nitrogens with zero attached hydrogens (tertiary/aromatic N) is 4. The molecule has 1 saturated heterocycles. The lowest BCUT2D eigenvalue weighted by atomic mass is 9.96. The molecule has 3 rings (SSSR count). The number of aliphatic hydroxyl groups is 3. The van der Waals surface area contributed by atoms with Gasteiger partial charge in [-0.2, -0.15) is 0 Å². The van der Waals surface area contributed by atoms with Crippen molar-refractivity contribution in [2.75, 3.05) is 19.2 Å². The number of hydrogen-bond donors (Lipinski definition) is 4. The molecule has 4 N–H and O–H groups in total. The minimum atomic E-state index is -1.61. The number of nitrogens with one attached hydrogen (secondary N) is 1. The third kappa shape index (κ3) is 2.12. The minimum absolute atomic E-state index is 0.364. The summed E-state index contributed by atoms with van der Waals surface area (Å²) in [7, 11) is 1.44. The number of fused-ring (bicyclic) bond motifs is 1. The molecular weight excluding hydrogens is 294 g/mol. The van der Waals surface area contributed by atoms with E-state index in [9.17, 15) is 15.3 Å². The highest BCUT2D eigenvalue weighted by molar-refractivity contribution is 5.82. The van der Waals surface area contributed by atoms with Gasteiger partial charge in [0.1, 0.15) is 24.1 Å². The second-order valence-electron chi connectivity index (χ2n) is 5.23. The van der Waals surface area contributed by atoms with Crippen LogP contribution in [-0.2, 0) is 9.57 Å². The molecule has 1 unspecified atom stereocenters. The summed E-state index contributed by atoms with van der Waals surface area (Å²) in [4.78, 5) is 17.1. The summed E-state index contributed by atoms with van der Waals surface area (Å²) in [6.45, 7) is 1.02. The van der Waals surface area contributed by atoms with Crippen LogP contribution in [0.1, 0.15) is 13.2 Å². The van der Waals surface area contributed by atoms with E-state index in [1.54, 1.807) is 0 Å². The molecule has 10 nitrogen and oxygen atoms in total. The van der Waals surface area contributed by atoms with Crippen molar-refractivity contribution in [3.05, 3.63) is 12.7 Å². The highest BCUT2D eigenvalue weighted by Crippen LogP contribution is 2.39. The number of anilines is 1. The fraction of sp³-hybridized carbons (Fsp3) is 0.583. The molecule has 22 heavy (non-hydrogen) atoms. The van der Waals surface area contributed by atoms with Gasteiger partial charge in [-0.1, -0.05) is 0 Å². The first-order chi connectivity index (χ1) is 10.5. The van der Waals surface area contributed by atoms with Crippen molar-refractivity contribution in [3.8, 4) is 0 Å². The van der Waals surface area contributed by atoms with Crippen molar-refractivity contribution in [1.82, 2.24) is 19.5 Å². The minimum Gasteiger partial charge on any atom is -0.394 e. The van der Waals surface area contributed by atoms with Crippen molar-refractivity contribution in [3.63, 3.8) is 0 Å². The third-order valence-electron chi connectivity index (χ3n) is 3.74. The topological polar surface area (TPSA) is 135 Å². The van der Waals surface area contributed by atoms with Crippen LogP contribution in [0.15, 0.2) is 12.7 Å². The second kappa shape index (κ2) is 5.41. The van der Waals surface area contributed by atoms with E-state index >= 15 is 0 Å². The van der Waals surface area contributed by atoms with Crippen molar-refractivity contribution < 1.29 is 24.9 Å². The van der Waals surface area contributed by atoms with E-state index in [2.05, 4.69) is 20.4 Å². The van der Waals surface area contributed by atoms with Crippen LogP contribution >= 0.6 is 0 Å². The molecule has 1 aliphatic rings. The standard InChI is InChI=1S/C12H17N5O5/c1-12(20)8(19)6(3-18)22-11(12)17-5-15-7-9(16-21-2)13-4-14-10(7)17/h4-6,8,11,18-20H,3H2,1-2H3,(H,13,14,16)/t6-,8-,11-,12?/m1/s1. The predicted molar refractivity (Wildman–Crippen MR) is 73.6 cm³/mol. The predicted octanol–water partition coefficient (Wildman–Crippen LogP) is -1.20. The van der Waals surface area contributed by atoms with Gasteiger partial charge < -0.3 is 20.1 Å². The number of ether oxygens (including phenoxy) is 1. The largest absolute Gasteiger partial charge is 0.394 e. The zero-order chi connectivity index (χ0) is 15.9. The molecule has 120 valence electrons. The molecule has 0 aromatic carbocycles. The maximum Gasteiger partial charge on any atom is 0.181 e. The smallest absolute Gasteiger partial charge is 0.181 e. The van der Waals surface area contributed by atoms with Gasteiger partial charge in [-0.15, -0.1) is 0 Å². The van der Waals surface area contributed by atoms with Crippen LogP contribution in [0, 0.1) is 0 Å². The summed E-state index contributed by atoms with van der Waals surface area (Å²) in [5.74, 6) is 0.364. The molecule has 1 fully saturated rings. The number of hydrogen-bond acceptors (Lipinski definition) is 9. The van der Waals surface area contributed by atoms with Crippen LogP contribution < -0.4 is 5.48 Å². The Kier molecular flexibility index (Phi) is 3.70. The van der Waals surface area contributed by atoms with E-state index in [4.69, 9.17) is 9.57 Å². The Morgan fingerprint density at radius 2 is 2.23 bits per heavy atom. The number of rotatable bonds is 4. The molecule has 2 aromatic heterocycles. The molecule has 10 heteroatoms. The van der Waals surface area contributed by atoms with Gasteiger partial charge in [-0.25, -0.2) is 20.4 Å². The van der Waals surface area contributed by atoms with Crippen LogP contribution in [0.4, 0.5) is 5.82 Å². The Labute approximate surface area is 125 Å². The van der Waals surface area contributed by atoms with Crippen LogP contribution in [0.2, 0.25) is 0 Å². The Hall–Kier alpha value is -1.85. The second-order valence-corrected chi connectivity index (χ2v) is 5.23. The molecule has 0 aliphatic carbocycles. The van der Waals surface area contributed by atoms with Gasteiger partial charge in [0.15, 0.2) is 23.2 Å². The van der Waals surface area contributed by atoms with E-state index in [-0.39, 0.29) is 0 Å². The normalized spacial score (nSPS) is 31.8. The van der Waals surface area contributed by atoms with Crippen molar-refractivity contribution in [2.24, 2.45) is 0 Å². The maximum absolute atomic E-state index is 10.5. The summed E-state index contributed by atoms with van der Waals surface area (Å²) < 4.78 is 7.03. The lowest BCUT2D eigenvalue weighted by molar-refractivity contribution is -0.0950. The zero-order valence-electron chi connectivity index (χ0n) is 12.0. The molecule has 4 atom stereocenters. The molecule has 0 saturated carbocycles. The van der Waals surface area contributed by atoms with Gasteiger partial charge in [0, 0.05) is 0 Å². The maximum atomic E-state index is 10.5. The summed E-state index contributed by atoms with van der Waals surface area (Å²) in [6.07, 6.45) is -0.346. The van der Waals surface area contributed by atoms with Crippen LogP contribution in [0.3, 0.4) is 0 Å². The molecule has 0 radical (unpaired) electrons. The van der Waals surface area contributed by atoms with Crippen LogP contribution in [0.5, 0.6) is 0 Å². The average molecular weight is 311 g/mol. The van der Waals surface area contributed by atoms with Gasteiger partial charge >= 0.3 is 0 Å². The summed E-state index contributed by atoms with van der Waals surface area (Å²) in [5, 5.41) is 29.8. The first-order valence-corrected chi connectivity index (χ1v) is 6.64. The Morgan fingerprint density at radius 1 is 1.45 bits per heavy atom. The van der Waals surface area contributed by atoms with Gasteiger partial charge in [0.25, 0.3) is 0 Å². The molecule has 0 spiro atoms. The monoisotopic (exact) mass is 311 g/mol. The summed E-state index contributed by atoms with van der Waals surface area (Å²) in [5.41, 5.74) is 1.79. The Morgan fingerprint density at radius 3 is 2.86 bits per heavy atom. The number of imidazole rings is 1. The molecule has 1 aliphatic heterocycles. The molecule has 0 amide bonds. The van der Waals surface area contributed by atoms with Crippen molar-refractivity contribution in [1.29, 1.82) is 0 Å². The lowest BCUT2D eigenvalue weighted by Gasteiger charge is -2.27. The summed E-state index contributed by atoms with van der Waals surface area (Å²) in [6, 6.07) is 0. The average Bonchev–Trinajstić information content (AvgIpc) is 3.01. The first-order valence-electron chi connectivity index (χ1n) is 6.64. The highest BCUT2D eigenvalue weighted by atomic mass is 16.6. The first kappa shape index (κ1) is 15.1. The fourth-order valence-corrected chi connectivity index (χ4v) is 2.59. The zero-order valence-corrected chi connectivity index (χ0v) is 12.0. The van der Waals surface area contributed by atoms with Crippen LogP contribution in [-0.4, -0.2) is 66.4 Å². The Balaban J connectivity index is 2.06. The fourth-order valence-electron chi connectivity index (χ4n) is 2.59. The van der Waals surface area contributed by atoms with Crippen LogP contribution in [0.25, 0.3) is 11.2 Å². The van der Waals surface area contributed by atoms with Crippen molar-refractivity contribution >= 4 is 17.0 Å². The van der Waals surface area contributed by atoms with E-state index < -0.39 is 30.6 Å². The highest BCUT2D eigenvalue weighted by Gasteiger charge is 2.53. The molecule has 2 aromatic rings. The van der Waals surface area contributed by atoms with E-state index in [0.717, 1.165) is 0 Å². The van der Waals surface area contributed by atoms with Gasteiger partial charge in [-0.05, 0) is 6.92 Å². The lowest BCUT2D eigenvalue weighted by Crippen LogP contribution is -2.44. The quantitative estimate of drug-likeness (QED) is 0.513. The summed E-state index contributed by atoms with van der Waals surface area (Å²) >= 11 is 0. The van der Waals surface area contributed by atoms with Gasteiger partial charge in [0.05, 0.1) is 20.0 Å². The van der Waals surface area contributed by atoms with E-state index in [0.29, 0.717) is 17.0 Å². The molecule has 3 heterocycles. The van der Waals surface area contributed by atoms with E-state index in [1.807, 2.05) is 0 Å². The van der Waals surface area contributed by atoms with E-state index in [1.165, 1.54) is 31.3 Å². The molecule has 0 bridgehead atoms. The SMILES string of the molecule is CONc1ncnc2c1ncn2[C@@H]1O[C@H](CO)[C@@H](O)C1(C)O. The van der Waals surface area contributed by atoms with Gasteiger partial charge in [0.2, 0.25) is 0 Å².